The zero-order valence-electron chi connectivity index (χ0n) is 18.0. The van der Waals surface area contributed by atoms with Crippen molar-refractivity contribution in [1.29, 1.82) is 0 Å². The summed E-state index contributed by atoms with van der Waals surface area (Å²) in [6, 6.07) is 0.651. The fraction of sp³-hybridized carbons (Fsp3) is 0.600. The van der Waals surface area contributed by atoms with Crippen LogP contribution in [0.25, 0.3) is 0 Å². The van der Waals surface area contributed by atoms with E-state index in [-0.39, 0.29) is 22.8 Å². The standard InChI is InChI=1S/C20H27F3N2O5S/c1-19(2,3)30-18(27)25-13-10-29-7-6-12(13)24-17(26)16-14(28-4)8-11(20(21,22)23)9-15(16)31-5/h8-9,12-13H,6-7,10H2,1-5H3,(H,24,26)(H,25,27). The first-order valence-corrected chi connectivity index (χ1v) is 10.8. The number of rotatable bonds is 5. The highest BCUT2D eigenvalue weighted by atomic mass is 32.2. The average Bonchev–Trinajstić information content (AvgIpc) is 2.66. The molecule has 7 nitrogen and oxygen atoms in total. The molecule has 2 amide bonds. The van der Waals surface area contributed by atoms with Crippen LogP contribution in [0, 0.1) is 0 Å². The van der Waals surface area contributed by atoms with Gasteiger partial charge >= 0.3 is 12.3 Å². The maximum Gasteiger partial charge on any atom is 0.416 e. The van der Waals surface area contributed by atoms with E-state index in [0.717, 1.165) is 23.9 Å². The summed E-state index contributed by atoms with van der Waals surface area (Å²) in [5, 5.41) is 5.48. The number of amides is 2. The highest BCUT2D eigenvalue weighted by Crippen LogP contribution is 2.38. The second-order valence-corrected chi connectivity index (χ2v) is 8.80. The van der Waals surface area contributed by atoms with E-state index >= 15 is 0 Å². The summed E-state index contributed by atoms with van der Waals surface area (Å²) in [5.74, 6) is -0.779. The molecule has 1 aliphatic rings. The molecule has 0 aromatic heterocycles. The number of carbonyl (C=O) groups is 2. The normalized spacial score (nSPS) is 19.5. The van der Waals surface area contributed by atoms with E-state index in [1.165, 1.54) is 7.11 Å². The first-order chi connectivity index (χ1) is 14.4. The van der Waals surface area contributed by atoms with Crippen molar-refractivity contribution in [3.05, 3.63) is 23.3 Å². The van der Waals surface area contributed by atoms with Gasteiger partial charge < -0.3 is 24.8 Å². The molecule has 1 aromatic rings. The van der Waals surface area contributed by atoms with E-state index in [4.69, 9.17) is 14.2 Å². The molecule has 2 N–H and O–H groups in total. The maximum atomic E-state index is 13.2. The van der Waals surface area contributed by atoms with Gasteiger partial charge in [-0.25, -0.2) is 4.79 Å². The van der Waals surface area contributed by atoms with Crippen molar-refractivity contribution in [1.82, 2.24) is 10.6 Å². The third kappa shape index (κ3) is 6.93. The lowest BCUT2D eigenvalue weighted by molar-refractivity contribution is -0.137. The molecule has 2 atom stereocenters. The number of nitrogens with one attached hydrogen (secondary N) is 2. The monoisotopic (exact) mass is 464 g/mol. The van der Waals surface area contributed by atoms with Gasteiger partial charge in [-0.1, -0.05) is 0 Å². The van der Waals surface area contributed by atoms with E-state index < -0.39 is 41.4 Å². The van der Waals surface area contributed by atoms with Crippen LogP contribution < -0.4 is 15.4 Å². The largest absolute Gasteiger partial charge is 0.496 e. The van der Waals surface area contributed by atoms with Crippen LogP contribution in [0.15, 0.2) is 17.0 Å². The summed E-state index contributed by atoms with van der Waals surface area (Å²) >= 11 is 1.01. The van der Waals surface area contributed by atoms with Crippen LogP contribution in [-0.4, -0.2) is 56.3 Å². The van der Waals surface area contributed by atoms with Gasteiger partial charge in [-0.15, -0.1) is 11.8 Å². The zero-order valence-corrected chi connectivity index (χ0v) is 18.8. The molecule has 1 aromatic carbocycles. The molecule has 2 unspecified atom stereocenters. The molecule has 31 heavy (non-hydrogen) atoms. The Bertz CT molecular complexity index is 786. The quantitative estimate of drug-likeness (QED) is 0.644. The van der Waals surface area contributed by atoms with Gasteiger partial charge in [0.15, 0.2) is 0 Å². The Hall–Kier alpha value is -2.14. The highest BCUT2D eigenvalue weighted by Gasteiger charge is 2.35. The van der Waals surface area contributed by atoms with Crippen LogP contribution in [0.1, 0.15) is 43.1 Å². The van der Waals surface area contributed by atoms with Crippen LogP contribution in [0.4, 0.5) is 18.0 Å². The highest BCUT2D eigenvalue weighted by molar-refractivity contribution is 7.98. The van der Waals surface area contributed by atoms with Crippen molar-refractivity contribution >= 4 is 23.8 Å². The van der Waals surface area contributed by atoms with Gasteiger partial charge in [-0.2, -0.15) is 13.2 Å². The van der Waals surface area contributed by atoms with Crippen LogP contribution in [0.3, 0.4) is 0 Å². The summed E-state index contributed by atoms with van der Waals surface area (Å²) in [6.45, 7) is 5.69. The van der Waals surface area contributed by atoms with Crippen molar-refractivity contribution in [3.63, 3.8) is 0 Å². The van der Waals surface area contributed by atoms with E-state index in [2.05, 4.69) is 10.6 Å². The predicted octanol–water partition coefficient (Wildman–Crippen LogP) is 3.85. The van der Waals surface area contributed by atoms with E-state index in [1.807, 2.05) is 0 Å². The summed E-state index contributed by atoms with van der Waals surface area (Å²) in [7, 11) is 1.21. The number of methoxy groups -OCH3 is 1. The van der Waals surface area contributed by atoms with Crippen molar-refractivity contribution < 1.29 is 37.0 Å². The molecule has 0 radical (unpaired) electrons. The molecular weight excluding hydrogens is 437 g/mol. The van der Waals surface area contributed by atoms with Crippen molar-refractivity contribution in [2.24, 2.45) is 0 Å². The van der Waals surface area contributed by atoms with Gasteiger partial charge in [0.1, 0.15) is 11.4 Å². The predicted molar refractivity (Wildman–Crippen MR) is 110 cm³/mol. The number of ether oxygens (including phenoxy) is 3. The van der Waals surface area contributed by atoms with Crippen molar-refractivity contribution in [2.45, 2.75) is 55.9 Å². The molecule has 174 valence electrons. The first kappa shape index (κ1) is 25.1. The molecule has 0 aliphatic carbocycles. The third-order valence-corrected chi connectivity index (χ3v) is 5.20. The van der Waals surface area contributed by atoms with Gasteiger partial charge in [0.2, 0.25) is 0 Å². The van der Waals surface area contributed by atoms with Crippen LogP contribution in [-0.2, 0) is 15.7 Å². The summed E-state index contributed by atoms with van der Waals surface area (Å²) < 4.78 is 55.3. The molecular formula is C20H27F3N2O5S. The van der Waals surface area contributed by atoms with Gasteiger partial charge in [0.05, 0.1) is 36.9 Å². The number of carbonyl (C=O) groups excluding carboxylic acids is 2. The number of alkyl carbamates (subject to hydrolysis) is 1. The number of alkyl halides is 3. The minimum absolute atomic E-state index is 0.00510. The minimum atomic E-state index is -4.57. The Morgan fingerprint density at radius 2 is 1.84 bits per heavy atom. The fourth-order valence-corrected chi connectivity index (χ4v) is 3.69. The average molecular weight is 465 g/mol. The van der Waals surface area contributed by atoms with Crippen molar-refractivity contribution in [3.8, 4) is 5.75 Å². The molecule has 0 spiro atoms. The Morgan fingerprint density at radius 3 is 2.39 bits per heavy atom. The zero-order chi connectivity index (χ0) is 23.4. The molecule has 0 bridgehead atoms. The fourth-order valence-electron chi connectivity index (χ4n) is 3.05. The Kier molecular flexibility index (Phi) is 8.09. The van der Waals surface area contributed by atoms with Gasteiger partial charge in [-0.05, 0) is 45.6 Å². The van der Waals surface area contributed by atoms with Crippen LogP contribution in [0.2, 0.25) is 0 Å². The van der Waals surface area contributed by atoms with E-state index in [9.17, 15) is 22.8 Å². The lowest BCUT2D eigenvalue weighted by atomic mass is 10.0. The molecule has 1 aliphatic heterocycles. The Balaban J connectivity index is 2.25. The summed E-state index contributed by atoms with van der Waals surface area (Å²) in [4.78, 5) is 25.3. The molecule has 1 saturated heterocycles. The first-order valence-electron chi connectivity index (χ1n) is 9.57. The number of thioether (sulfide) groups is 1. The number of hydrogen-bond acceptors (Lipinski definition) is 6. The second kappa shape index (κ2) is 9.99. The van der Waals surface area contributed by atoms with Gasteiger partial charge in [0, 0.05) is 11.5 Å². The third-order valence-electron chi connectivity index (χ3n) is 4.44. The van der Waals surface area contributed by atoms with E-state index in [0.29, 0.717) is 13.0 Å². The smallest absolute Gasteiger partial charge is 0.416 e. The lowest BCUT2D eigenvalue weighted by Gasteiger charge is -2.33. The van der Waals surface area contributed by atoms with E-state index in [1.54, 1.807) is 27.0 Å². The summed E-state index contributed by atoms with van der Waals surface area (Å²) in [6.07, 6.45) is -3.24. The van der Waals surface area contributed by atoms with Gasteiger partial charge in [0.25, 0.3) is 5.91 Å². The molecule has 1 heterocycles. The van der Waals surface area contributed by atoms with Crippen LogP contribution >= 0.6 is 11.8 Å². The number of hydrogen-bond donors (Lipinski definition) is 2. The molecule has 1 fully saturated rings. The molecule has 0 saturated carbocycles. The SMILES string of the molecule is COc1cc(C(F)(F)F)cc(SC)c1C(=O)NC1CCOCC1NC(=O)OC(C)(C)C. The maximum absolute atomic E-state index is 13.2. The number of halogens is 3. The minimum Gasteiger partial charge on any atom is -0.496 e. The second-order valence-electron chi connectivity index (χ2n) is 7.95. The summed E-state index contributed by atoms with van der Waals surface area (Å²) in [5.41, 5.74) is -1.59. The van der Waals surface area contributed by atoms with Crippen molar-refractivity contribution in [2.75, 3.05) is 26.6 Å². The molecule has 2 rings (SSSR count). The van der Waals surface area contributed by atoms with Crippen LogP contribution in [0.5, 0.6) is 5.75 Å². The Labute approximate surface area is 183 Å². The molecule has 11 heteroatoms. The Morgan fingerprint density at radius 1 is 1.16 bits per heavy atom. The number of benzene rings is 1. The topological polar surface area (TPSA) is 85.9 Å². The lowest BCUT2D eigenvalue weighted by Crippen LogP contribution is -2.57. The van der Waals surface area contributed by atoms with Gasteiger partial charge in [-0.3, -0.25) is 4.79 Å².